The third-order valence-electron chi connectivity index (χ3n) is 2.84. The molecule has 2 atom stereocenters. The van der Waals surface area contributed by atoms with Crippen LogP contribution in [0.5, 0.6) is 0 Å². The first-order valence-corrected chi connectivity index (χ1v) is 6.85. The van der Waals surface area contributed by atoms with E-state index in [-0.39, 0.29) is 17.4 Å². The lowest BCUT2D eigenvalue weighted by molar-refractivity contribution is -0.138. The van der Waals surface area contributed by atoms with Gasteiger partial charge in [0.05, 0.1) is 24.6 Å². The second kappa shape index (κ2) is 7.56. The van der Waals surface area contributed by atoms with Crippen molar-refractivity contribution in [3.05, 3.63) is 29.3 Å². The highest BCUT2D eigenvalue weighted by Gasteiger charge is 2.33. The number of aliphatic carboxylic acids is 1. The number of halogens is 3. The number of likely N-dealkylation sites (N-methyl/N-ethyl adjacent to an activating group) is 1. The predicted octanol–water partition coefficient (Wildman–Crippen LogP) is 1.06. The number of carboxylic acids is 1. The highest BCUT2D eigenvalue weighted by Crippen LogP contribution is 2.31. The van der Waals surface area contributed by atoms with Crippen molar-refractivity contribution in [2.75, 3.05) is 13.6 Å². The number of carboxylic acid groups (broad SMARTS) is 1. The van der Waals surface area contributed by atoms with Crippen molar-refractivity contribution in [1.82, 2.24) is 10.6 Å². The molecule has 0 aliphatic rings. The van der Waals surface area contributed by atoms with Crippen LogP contribution < -0.4 is 15.9 Å². The van der Waals surface area contributed by atoms with E-state index in [9.17, 15) is 22.8 Å². The fourth-order valence-corrected chi connectivity index (χ4v) is 2.21. The zero-order valence-electron chi connectivity index (χ0n) is 11.7. The van der Waals surface area contributed by atoms with E-state index in [1.807, 2.05) is 9.24 Å². The summed E-state index contributed by atoms with van der Waals surface area (Å²) in [4.78, 5) is 22.4. The quantitative estimate of drug-likeness (QED) is 0.679. The van der Waals surface area contributed by atoms with E-state index in [4.69, 9.17) is 5.11 Å². The Kier molecular flexibility index (Phi) is 6.32. The van der Waals surface area contributed by atoms with Gasteiger partial charge in [-0.25, -0.2) is 0 Å². The Morgan fingerprint density at radius 2 is 2.00 bits per heavy atom. The Hall–Kier alpha value is -1.66. The lowest BCUT2D eigenvalue weighted by atomic mass is 10.0. The number of rotatable bonds is 6. The number of benzene rings is 1. The van der Waals surface area contributed by atoms with Crippen molar-refractivity contribution in [1.29, 1.82) is 0 Å². The Morgan fingerprint density at radius 1 is 1.36 bits per heavy atom. The molecule has 9 heteroatoms. The molecule has 1 amide bonds. The molecule has 0 radical (unpaired) electrons. The predicted molar refractivity (Wildman–Crippen MR) is 77.9 cm³/mol. The monoisotopic (exact) mass is 336 g/mol. The summed E-state index contributed by atoms with van der Waals surface area (Å²) in [5, 5.41) is 13.8. The number of carbonyl (C=O) groups excluding carboxylic acids is 1. The van der Waals surface area contributed by atoms with Crippen molar-refractivity contribution in [2.24, 2.45) is 0 Å². The minimum atomic E-state index is -4.56. The van der Waals surface area contributed by atoms with E-state index in [0.717, 1.165) is 6.07 Å². The summed E-state index contributed by atoms with van der Waals surface area (Å²) in [5.41, 5.74) is -0.793. The first-order valence-electron chi connectivity index (χ1n) is 6.27. The molecule has 5 nitrogen and oxygen atoms in total. The standard InChI is InChI=1S/C13H16F3N2O3P/c1-17-6-11(19)18-9(5-12(20)21)7-2-3-10(22)8(4-7)13(14,15)16/h2-4,9,17H,5-6,22H2,1H3,(H,18,19)(H,20,21). The molecule has 0 saturated heterocycles. The molecular weight excluding hydrogens is 320 g/mol. The Labute approximate surface area is 127 Å². The molecule has 2 unspecified atom stereocenters. The van der Waals surface area contributed by atoms with Gasteiger partial charge in [-0.1, -0.05) is 12.1 Å². The number of nitrogens with one attached hydrogen (secondary N) is 2. The summed E-state index contributed by atoms with van der Waals surface area (Å²) < 4.78 is 38.7. The fraction of sp³-hybridized carbons (Fsp3) is 0.385. The number of hydrogen-bond donors (Lipinski definition) is 3. The van der Waals surface area contributed by atoms with Gasteiger partial charge in [0.25, 0.3) is 0 Å². The Bertz CT molecular complexity index is 564. The van der Waals surface area contributed by atoms with Crippen LogP contribution in [-0.2, 0) is 15.8 Å². The second-order valence-corrected chi connectivity index (χ2v) is 5.21. The molecular formula is C13H16F3N2O3P. The van der Waals surface area contributed by atoms with Gasteiger partial charge in [0.15, 0.2) is 0 Å². The average Bonchev–Trinajstić information content (AvgIpc) is 2.36. The van der Waals surface area contributed by atoms with Gasteiger partial charge in [0, 0.05) is 0 Å². The highest BCUT2D eigenvalue weighted by atomic mass is 31.0. The van der Waals surface area contributed by atoms with Gasteiger partial charge >= 0.3 is 12.1 Å². The van der Waals surface area contributed by atoms with Crippen LogP contribution in [0, 0.1) is 0 Å². The van der Waals surface area contributed by atoms with Crippen molar-refractivity contribution in [3.63, 3.8) is 0 Å². The zero-order chi connectivity index (χ0) is 16.9. The number of alkyl halides is 3. The molecule has 0 spiro atoms. The van der Waals surface area contributed by atoms with Gasteiger partial charge in [-0.05, 0) is 24.0 Å². The van der Waals surface area contributed by atoms with E-state index >= 15 is 0 Å². The zero-order valence-corrected chi connectivity index (χ0v) is 12.9. The van der Waals surface area contributed by atoms with Crippen LogP contribution in [0.4, 0.5) is 13.2 Å². The maximum absolute atomic E-state index is 12.9. The van der Waals surface area contributed by atoms with Gasteiger partial charge in [0.1, 0.15) is 0 Å². The van der Waals surface area contributed by atoms with E-state index in [1.165, 1.54) is 19.2 Å². The largest absolute Gasteiger partial charge is 0.481 e. The molecule has 3 N–H and O–H groups in total. The van der Waals surface area contributed by atoms with E-state index in [0.29, 0.717) is 0 Å². The molecule has 122 valence electrons. The Balaban J connectivity index is 3.14. The third kappa shape index (κ3) is 5.27. The molecule has 1 rings (SSSR count). The second-order valence-electron chi connectivity index (χ2n) is 4.59. The number of hydrogen-bond acceptors (Lipinski definition) is 3. The molecule has 0 aromatic heterocycles. The Morgan fingerprint density at radius 3 is 2.50 bits per heavy atom. The van der Waals surface area contributed by atoms with Crippen molar-refractivity contribution in [3.8, 4) is 0 Å². The molecule has 0 bridgehead atoms. The van der Waals surface area contributed by atoms with E-state index < -0.39 is 36.1 Å². The summed E-state index contributed by atoms with van der Waals surface area (Å²) in [6, 6.07) is 2.41. The van der Waals surface area contributed by atoms with Gasteiger partial charge in [-0.2, -0.15) is 13.2 Å². The smallest absolute Gasteiger partial charge is 0.417 e. The topological polar surface area (TPSA) is 78.4 Å². The minimum Gasteiger partial charge on any atom is -0.481 e. The highest BCUT2D eigenvalue weighted by molar-refractivity contribution is 7.27. The van der Waals surface area contributed by atoms with Crippen molar-refractivity contribution >= 4 is 26.4 Å². The summed E-state index contributed by atoms with van der Waals surface area (Å²) in [7, 11) is 3.50. The number of carbonyl (C=O) groups is 2. The third-order valence-corrected chi connectivity index (χ3v) is 3.34. The normalized spacial score (nSPS) is 12.8. The first kappa shape index (κ1) is 18.4. The van der Waals surface area contributed by atoms with Crippen LogP contribution in [0.3, 0.4) is 0 Å². The van der Waals surface area contributed by atoms with Gasteiger partial charge in [-0.15, -0.1) is 9.24 Å². The van der Waals surface area contributed by atoms with E-state index in [2.05, 4.69) is 10.6 Å². The molecule has 0 aliphatic heterocycles. The molecule has 0 heterocycles. The molecule has 0 aliphatic carbocycles. The van der Waals surface area contributed by atoms with Crippen LogP contribution in [0.2, 0.25) is 0 Å². The summed E-state index contributed by atoms with van der Waals surface area (Å²) in [6.07, 6.45) is -5.07. The lowest BCUT2D eigenvalue weighted by Gasteiger charge is -2.20. The summed E-state index contributed by atoms with van der Waals surface area (Å²) >= 11 is 0. The molecule has 0 fully saturated rings. The van der Waals surface area contributed by atoms with Gasteiger partial charge in [-0.3, -0.25) is 9.59 Å². The summed E-state index contributed by atoms with van der Waals surface area (Å²) in [6.45, 7) is -0.0655. The molecule has 1 aromatic rings. The molecule has 22 heavy (non-hydrogen) atoms. The number of amides is 1. The maximum Gasteiger partial charge on any atom is 0.417 e. The molecule has 0 saturated carbocycles. The van der Waals surface area contributed by atoms with Gasteiger partial charge in [0.2, 0.25) is 5.91 Å². The lowest BCUT2D eigenvalue weighted by Crippen LogP contribution is -2.36. The minimum absolute atomic E-state index is 0.0492. The van der Waals surface area contributed by atoms with Crippen LogP contribution in [0.25, 0.3) is 0 Å². The van der Waals surface area contributed by atoms with Crippen molar-refractivity contribution < 1.29 is 27.9 Å². The van der Waals surface area contributed by atoms with Crippen LogP contribution in [-0.4, -0.2) is 30.6 Å². The average molecular weight is 336 g/mol. The first-order chi connectivity index (χ1) is 10.1. The van der Waals surface area contributed by atoms with E-state index in [1.54, 1.807) is 0 Å². The van der Waals surface area contributed by atoms with Crippen LogP contribution in [0.15, 0.2) is 18.2 Å². The van der Waals surface area contributed by atoms with Gasteiger partial charge < -0.3 is 15.7 Å². The SMILES string of the molecule is CNCC(=O)NC(CC(=O)O)c1ccc(P)c(C(F)(F)F)c1. The maximum atomic E-state index is 12.9. The van der Waals surface area contributed by atoms with Crippen molar-refractivity contribution in [2.45, 2.75) is 18.6 Å². The van der Waals surface area contributed by atoms with Crippen LogP contribution in [0.1, 0.15) is 23.6 Å². The molecule has 1 aromatic carbocycles. The summed E-state index contributed by atoms with van der Waals surface area (Å²) in [5.74, 6) is -1.73. The van der Waals surface area contributed by atoms with Crippen LogP contribution >= 0.6 is 9.24 Å². The fourth-order valence-electron chi connectivity index (χ4n) is 1.87.